The van der Waals surface area contributed by atoms with Crippen molar-refractivity contribution in [2.75, 3.05) is 5.32 Å². The minimum Gasteiger partial charge on any atom is -0.488 e. The smallest absolute Gasteiger partial charge is 0.265 e. The standard InChI is InChI=1S/C22H23NO2S/c1-14-8-9-15(2)19(10-14)23-22(24)20-11-18(13-26-20)12-25-21-16(3)6-5-7-17(21)4/h5-11,13H,12H2,1-4H3,(H,23,24). The van der Waals surface area contributed by atoms with E-state index in [0.29, 0.717) is 11.5 Å². The normalized spacial score (nSPS) is 10.6. The molecule has 26 heavy (non-hydrogen) atoms. The number of hydrogen-bond donors (Lipinski definition) is 1. The van der Waals surface area contributed by atoms with E-state index in [2.05, 4.69) is 5.32 Å². The molecule has 0 bridgehead atoms. The van der Waals surface area contributed by atoms with Gasteiger partial charge in [0.15, 0.2) is 0 Å². The number of benzene rings is 2. The van der Waals surface area contributed by atoms with Gasteiger partial charge in [0, 0.05) is 11.3 Å². The van der Waals surface area contributed by atoms with Crippen molar-refractivity contribution in [2.45, 2.75) is 34.3 Å². The Bertz CT molecular complexity index is 923. The largest absolute Gasteiger partial charge is 0.488 e. The fourth-order valence-electron chi connectivity index (χ4n) is 2.81. The highest BCUT2D eigenvalue weighted by Crippen LogP contribution is 2.25. The van der Waals surface area contributed by atoms with Gasteiger partial charge in [-0.2, -0.15) is 0 Å². The van der Waals surface area contributed by atoms with Crippen molar-refractivity contribution in [3.63, 3.8) is 0 Å². The number of carbonyl (C=O) groups is 1. The fraction of sp³-hybridized carbons (Fsp3) is 0.227. The van der Waals surface area contributed by atoms with Gasteiger partial charge in [-0.05, 0) is 67.5 Å². The molecule has 0 atom stereocenters. The summed E-state index contributed by atoms with van der Waals surface area (Å²) in [5.41, 5.74) is 6.28. The van der Waals surface area contributed by atoms with Crippen molar-refractivity contribution >= 4 is 22.9 Å². The minimum atomic E-state index is -0.0815. The summed E-state index contributed by atoms with van der Waals surface area (Å²) in [6, 6.07) is 14.1. The van der Waals surface area contributed by atoms with Crippen molar-refractivity contribution in [3.05, 3.63) is 80.5 Å². The zero-order valence-corrected chi connectivity index (χ0v) is 16.4. The zero-order valence-electron chi connectivity index (χ0n) is 15.6. The lowest BCUT2D eigenvalue weighted by molar-refractivity contribution is 0.103. The summed E-state index contributed by atoms with van der Waals surface area (Å²) in [6.45, 7) is 8.55. The van der Waals surface area contributed by atoms with Crippen molar-refractivity contribution in [2.24, 2.45) is 0 Å². The highest BCUT2D eigenvalue weighted by atomic mass is 32.1. The molecule has 1 heterocycles. The average Bonchev–Trinajstić information content (AvgIpc) is 3.07. The first kappa shape index (κ1) is 18.2. The summed E-state index contributed by atoms with van der Waals surface area (Å²) < 4.78 is 5.97. The van der Waals surface area contributed by atoms with Crippen molar-refractivity contribution in [1.82, 2.24) is 0 Å². The molecule has 1 amide bonds. The number of anilines is 1. The molecule has 134 valence electrons. The van der Waals surface area contributed by atoms with Crippen LogP contribution in [0.25, 0.3) is 0 Å². The number of para-hydroxylation sites is 1. The van der Waals surface area contributed by atoms with E-state index in [0.717, 1.165) is 39.3 Å². The topological polar surface area (TPSA) is 38.3 Å². The maximum Gasteiger partial charge on any atom is 0.265 e. The van der Waals surface area contributed by atoms with Gasteiger partial charge >= 0.3 is 0 Å². The molecule has 3 nitrogen and oxygen atoms in total. The van der Waals surface area contributed by atoms with Crippen LogP contribution in [0, 0.1) is 27.7 Å². The van der Waals surface area contributed by atoms with E-state index in [1.165, 1.54) is 11.3 Å². The number of rotatable bonds is 5. The third-order valence-electron chi connectivity index (χ3n) is 4.31. The molecule has 0 aliphatic heterocycles. The van der Waals surface area contributed by atoms with Crippen molar-refractivity contribution < 1.29 is 9.53 Å². The van der Waals surface area contributed by atoms with Crippen LogP contribution in [0.15, 0.2) is 47.8 Å². The number of nitrogens with one attached hydrogen (secondary N) is 1. The number of hydrogen-bond acceptors (Lipinski definition) is 3. The van der Waals surface area contributed by atoms with Crippen LogP contribution in [0.5, 0.6) is 5.75 Å². The van der Waals surface area contributed by atoms with Crippen molar-refractivity contribution in [1.29, 1.82) is 0 Å². The zero-order chi connectivity index (χ0) is 18.7. The Morgan fingerprint density at radius 3 is 2.46 bits per heavy atom. The number of carbonyl (C=O) groups excluding carboxylic acids is 1. The second-order valence-electron chi connectivity index (χ2n) is 6.60. The van der Waals surface area contributed by atoms with Gasteiger partial charge in [0.2, 0.25) is 0 Å². The van der Waals surface area contributed by atoms with E-state index in [4.69, 9.17) is 4.74 Å². The maximum atomic E-state index is 12.5. The van der Waals surface area contributed by atoms with E-state index >= 15 is 0 Å². The number of ether oxygens (including phenoxy) is 1. The highest BCUT2D eigenvalue weighted by molar-refractivity contribution is 7.12. The molecule has 4 heteroatoms. The molecule has 1 aromatic heterocycles. The second-order valence-corrected chi connectivity index (χ2v) is 7.51. The summed E-state index contributed by atoms with van der Waals surface area (Å²) in [5.74, 6) is 0.835. The number of thiophene rings is 1. The Kier molecular flexibility index (Phi) is 5.43. The molecule has 0 aliphatic carbocycles. The van der Waals surface area contributed by atoms with E-state index < -0.39 is 0 Å². The SMILES string of the molecule is Cc1ccc(C)c(NC(=O)c2cc(COc3c(C)cccc3C)cs2)c1. The molecular weight excluding hydrogens is 342 g/mol. The van der Waals surface area contributed by atoms with Gasteiger partial charge in [-0.3, -0.25) is 4.79 Å². The van der Waals surface area contributed by atoms with Gasteiger partial charge < -0.3 is 10.1 Å². The first-order chi connectivity index (χ1) is 12.4. The summed E-state index contributed by atoms with van der Waals surface area (Å²) in [7, 11) is 0. The average molecular weight is 365 g/mol. The highest BCUT2D eigenvalue weighted by Gasteiger charge is 2.12. The van der Waals surface area contributed by atoms with Crippen LogP contribution in [0.1, 0.15) is 37.5 Å². The molecule has 0 unspecified atom stereocenters. The molecule has 2 aromatic carbocycles. The van der Waals surface area contributed by atoms with Gasteiger partial charge in [0.25, 0.3) is 5.91 Å². The third-order valence-corrected chi connectivity index (χ3v) is 5.29. The van der Waals surface area contributed by atoms with Crippen molar-refractivity contribution in [3.8, 4) is 5.75 Å². The molecule has 1 N–H and O–H groups in total. The molecule has 0 saturated carbocycles. The molecule has 0 aliphatic rings. The Labute approximate surface area is 158 Å². The molecule has 0 spiro atoms. The van der Waals surface area contributed by atoms with Gasteiger partial charge in [0.1, 0.15) is 12.4 Å². The van der Waals surface area contributed by atoms with Crippen LogP contribution < -0.4 is 10.1 Å². The molecule has 0 saturated heterocycles. The Balaban J connectivity index is 1.67. The van der Waals surface area contributed by atoms with Crippen LogP contribution >= 0.6 is 11.3 Å². The van der Waals surface area contributed by atoms with Crippen LogP contribution in [0.3, 0.4) is 0 Å². The van der Waals surface area contributed by atoms with E-state index in [1.54, 1.807) is 0 Å². The molecular formula is C22H23NO2S. The maximum absolute atomic E-state index is 12.5. The molecule has 3 rings (SSSR count). The quantitative estimate of drug-likeness (QED) is 0.619. The van der Waals surface area contributed by atoms with E-state index in [-0.39, 0.29) is 5.91 Å². The Hall–Kier alpha value is -2.59. The third kappa shape index (κ3) is 4.14. The minimum absolute atomic E-state index is 0.0815. The predicted octanol–water partition coefficient (Wildman–Crippen LogP) is 5.81. The molecule has 0 radical (unpaired) electrons. The molecule has 0 fully saturated rings. The van der Waals surface area contributed by atoms with Gasteiger partial charge in [-0.1, -0.05) is 30.3 Å². The lowest BCUT2D eigenvalue weighted by atomic mass is 10.1. The molecule has 3 aromatic rings. The summed E-state index contributed by atoms with van der Waals surface area (Å²) in [5, 5.41) is 4.98. The monoisotopic (exact) mass is 365 g/mol. The van der Waals surface area contributed by atoms with Gasteiger partial charge in [-0.15, -0.1) is 11.3 Å². The lowest BCUT2D eigenvalue weighted by Crippen LogP contribution is -2.11. The van der Waals surface area contributed by atoms with E-state index in [1.807, 2.05) is 75.5 Å². The van der Waals surface area contributed by atoms with E-state index in [9.17, 15) is 4.79 Å². The number of amides is 1. The fourth-order valence-corrected chi connectivity index (χ4v) is 3.60. The van der Waals surface area contributed by atoms with Crippen LogP contribution in [-0.4, -0.2) is 5.91 Å². The summed E-state index contributed by atoms with van der Waals surface area (Å²) >= 11 is 1.44. The number of aryl methyl sites for hydroxylation is 4. The Morgan fingerprint density at radius 2 is 1.73 bits per heavy atom. The Morgan fingerprint density at radius 1 is 1.00 bits per heavy atom. The summed E-state index contributed by atoms with van der Waals surface area (Å²) in [6.07, 6.45) is 0. The van der Waals surface area contributed by atoms with Gasteiger partial charge in [-0.25, -0.2) is 0 Å². The van der Waals surface area contributed by atoms with Crippen LogP contribution in [0.4, 0.5) is 5.69 Å². The first-order valence-corrected chi connectivity index (χ1v) is 9.47. The van der Waals surface area contributed by atoms with Crippen LogP contribution in [0.2, 0.25) is 0 Å². The first-order valence-electron chi connectivity index (χ1n) is 8.59. The second kappa shape index (κ2) is 7.75. The lowest BCUT2D eigenvalue weighted by Gasteiger charge is -2.11. The summed E-state index contributed by atoms with van der Waals surface area (Å²) in [4.78, 5) is 13.2. The van der Waals surface area contributed by atoms with Crippen LogP contribution in [-0.2, 0) is 6.61 Å². The van der Waals surface area contributed by atoms with Gasteiger partial charge in [0.05, 0.1) is 4.88 Å². The predicted molar refractivity (Wildman–Crippen MR) is 108 cm³/mol.